The van der Waals surface area contributed by atoms with Crippen LogP contribution in [-0.2, 0) is 6.54 Å². The Bertz CT molecular complexity index is 795. The predicted octanol–water partition coefficient (Wildman–Crippen LogP) is 3.95. The van der Waals surface area contributed by atoms with Crippen molar-refractivity contribution in [3.8, 4) is 5.75 Å². The first kappa shape index (κ1) is 17.3. The summed E-state index contributed by atoms with van der Waals surface area (Å²) in [6, 6.07) is 8.62. The van der Waals surface area contributed by atoms with E-state index < -0.39 is 0 Å². The van der Waals surface area contributed by atoms with E-state index >= 15 is 0 Å². The van der Waals surface area contributed by atoms with Crippen LogP contribution in [-0.4, -0.2) is 23.6 Å². The van der Waals surface area contributed by atoms with E-state index in [1.165, 1.54) is 23.3 Å². The van der Waals surface area contributed by atoms with E-state index in [0.29, 0.717) is 0 Å². The van der Waals surface area contributed by atoms with Gasteiger partial charge in [-0.25, -0.2) is 4.98 Å². The van der Waals surface area contributed by atoms with Crippen molar-refractivity contribution in [3.05, 3.63) is 45.9 Å². The van der Waals surface area contributed by atoms with Gasteiger partial charge < -0.3 is 15.4 Å². The summed E-state index contributed by atoms with van der Waals surface area (Å²) >= 11 is 1.71. The molecule has 6 heteroatoms. The molecule has 1 atom stereocenters. The SMILES string of the molecule is CN=C(NCc1cnc(C)s1)NC1CC2(CCCC2)Oc2ccccc21. The maximum Gasteiger partial charge on any atom is 0.191 e. The molecule has 0 amide bonds. The molecule has 1 aromatic carbocycles. The van der Waals surface area contributed by atoms with E-state index in [9.17, 15) is 0 Å². The van der Waals surface area contributed by atoms with Gasteiger partial charge in [0.25, 0.3) is 0 Å². The zero-order valence-corrected chi connectivity index (χ0v) is 16.2. The number of para-hydroxylation sites is 1. The number of thiazole rings is 1. The lowest BCUT2D eigenvalue weighted by molar-refractivity contribution is 0.0396. The number of rotatable bonds is 3. The number of hydrogen-bond acceptors (Lipinski definition) is 4. The lowest BCUT2D eigenvalue weighted by Gasteiger charge is -2.40. The molecule has 1 unspecified atom stereocenters. The van der Waals surface area contributed by atoms with Crippen LogP contribution in [0.1, 0.15) is 53.6 Å². The zero-order valence-electron chi connectivity index (χ0n) is 15.4. The number of nitrogens with one attached hydrogen (secondary N) is 2. The van der Waals surface area contributed by atoms with Gasteiger partial charge in [0.1, 0.15) is 11.4 Å². The van der Waals surface area contributed by atoms with Crippen molar-refractivity contribution in [1.82, 2.24) is 15.6 Å². The van der Waals surface area contributed by atoms with E-state index in [1.54, 1.807) is 11.3 Å². The quantitative estimate of drug-likeness (QED) is 0.634. The molecule has 2 aliphatic rings. The third-order valence-electron chi connectivity index (χ3n) is 5.35. The Morgan fingerprint density at radius 1 is 1.35 bits per heavy atom. The Morgan fingerprint density at radius 3 is 2.88 bits per heavy atom. The topological polar surface area (TPSA) is 58.5 Å². The third-order valence-corrected chi connectivity index (χ3v) is 6.26. The first-order chi connectivity index (χ1) is 12.7. The number of hydrogen-bond donors (Lipinski definition) is 2. The number of aromatic nitrogens is 1. The maximum absolute atomic E-state index is 6.45. The standard InChI is InChI=1S/C20H26N4OS/c1-14-22-12-15(26-14)13-23-19(21-2)24-17-11-20(9-5-6-10-20)25-18-8-4-3-7-16(17)18/h3-4,7-8,12,17H,5-6,9-11,13H2,1-2H3,(H2,21,23,24). The van der Waals surface area contributed by atoms with Gasteiger partial charge in [0, 0.05) is 30.1 Å². The van der Waals surface area contributed by atoms with Crippen LogP contribution in [0.5, 0.6) is 5.75 Å². The lowest BCUT2D eigenvalue weighted by atomic mass is 9.86. The highest BCUT2D eigenvalue weighted by Gasteiger charge is 2.43. The van der Waals surface area contributed by atoms with E-state index in [0.717, 1.165) is 42.5 Å². The summed E-state index contributed by atoms with van der Waals surface area (Å²) in [5.41, 5.74) is 1.21. The first-order valence-corrected chi connectivity index (χ1v) is 10.2. The fraction of sp³-hybridized carbons (Fsp3) is 0.500. The molecule has 1 aliphatic heterocycles. The van der Waals surface area contributed by atoms with Crippen LogP contribution in [0.2, 0.25) is 0 Å². The van der Waals surface area contributed by atoms with Gasteiger partial charge >= 0.3 is 0 Å². The van der Waals surface area contributed by atoms with Crippen LogP contribution in [0.25, 0.3) is 0 Å². The summed E-state index contributed by atoms with van der Waals surface area (Å²) < 4.78 is 6.45. The van der Waals surface area contributed by atoms with Crippen LogP contribution in [0.15, 0.2) is 35.5 Å². The molecular formula is C20H26N4OS. The number of guanidine groups is 1. The van der Waals surface area contributed by atoms with Crippen LogP contribution in [0.3, 0.4) is 0 Å². The Balaban J connectivity index is 1.49. The van der Waals surface area contributed by atoms with Gasteiger partial charge in [-0.3, -0.25) is 4.99 Å². The van der Waals surface area contributed by atoms with Crippen molar-refractivity contribution in [2.45, 2.75) is 57.2 Å². The number of ether oxygens (including phenoxy) is 1. The average Bonchev–Trinajstić information content (AvgIpc) is 3.27. The molecule has 2 aromatic rings. The fourth-order valence-corrected chi connectivity index (χ4v) is 4.82. The smallest absolute Gasteiger partial charge is 0.191 e. The largest absolute Gasteiger partial charge is 0.487 e. The van der Waals surface area contributed by atoms with Gasteiger partial charge in [0.05, 0.1) is 17.6 Å². The molecule has 2 heterocycles. The summed E-state index contributed by atoms with van der Waals surface area (Å²) in [6.45, 7) is 2.77. The van der Waals surface area contributed by atoms with Gasteiger partial charge in [0.15, 0.2) is 5.96 Å². The summed E-state index contributed by atoms with van der Waals surface area (Å²) in [6.07, 6.45) is 7.72. The molecule has 138 valence electrons. The molecule has 2 N–H and O–H groups in total. The molecular weight excluding hydrogens is 344 g/mol. The van der Waals surface area contributed by atoms with Crippen molar-refractivity contribution >= 4 is 17.3 Å². The van der Waals surface area contributed by atoms with Crippen LogP contribution in [0, 0.1) is 6.92 Å². The first-order valence-electron chi connectivity index (χ1n) is 9.34. The van der Waals surface area contributed by atoms with E-state index in [-0.39, 0.29) is 11.6 Å². The van der Waals surface area contributed by atoms with Crippen LogP contribution >= 0.6 is 11.3 Å². The van der Waals surface area contributed by atoms with Gasteiger partial charge in [0.2, 0.25) is 0 Å². The molecule has 0 bridgehead atoms. The van der Waals surface area contributed by atoms with Crippen LogP contribution < -0.4 is 15.4 Å². The minimum Gasteiger partial charge on any atom is -0.487 e. The molecule has 1 aromatic heterocycles. The normalized spacial score (nSPS) is 21.3. The Hall–Kier alpha value is -2.08. The Kier molecular flexibility index (Phi) is 4.85. The summed E-state index contributed by atoms with van der Waals surface area (Å²) in [7, 11) is 1.82. The lowest BCUT2D eigenvalue weighted by Crippen LogP contribution is -2.46. The molecule has 1 aliphatic carbocycles. The van der Waals surface area contributed by atoms with Crippen molar-refractivity contribution in [2.75, 3.05) is 7.05 Å². The summed E-state index contributed by atoms with van der Waals surface area (Å²) in [5.74, 6) is 1.84. The van der Waals surface area contributed by atoms with Crippen molar-refractivity contribution in [2.24, 2.45) is 4.99 Å². The van der Waals surface area contributed by atoms with Crippen molar-refractivity contribution in [1.29, 1.82) is 0 Å². The average molecular weight is 371 g/mol. The second-order valence-corrected chi connectivity index (χ2v) is 8.52. The minimum atomic E-state index is -0.0142. The molecule has 0 saturated heterocycles. The highest BCUT2D eigenvalue weighted by Crippen LogP contribution is 2.46. The molecule has 26 heavy (non-hydrogen) atoms. The number of aryl methyl sites for hydroxylation is 1. The van der Waals surface area contributed by atoms with E-state index in [1.807, 2.05) is 20.2 Å². The Labute approximate surface area is 158 Å². The van der Waals surface area contributed by atoms with Crippen molar-refractivity contribution in [3.63, 3.8) is 0 Å². The monoisotopic (exact) mass is 370 g/mol. The second-order valence-electron chi connectivity index (χ2n) is 7.20. The summed E-state index contributed by atoms with van der Waals surface area (Å²) in [4.78, 5) is 9.96. The minimum absolute atomic E-state index is 0.0142. The molecule has 1 spiro atoms. The fourth-order valence-electron chi connectivity index (χ4n) is 4.09. The Morgan fingerprint density at radius 2 is 2.15 bits per heavy atom. The van der Waals surface area contributed by atoms with Crippen LogP contribution in [0.4, 0.5) is 0 Å². The van der Waals surface area contributed by atoms with E-state index in [4.69, 9.17) is 4.74 Å². The molecule has 5 nitrogen and oxygen atoms in total. The number of aliphatic imine (C=N–C) groups is 1. The maximum atomic E-state index is 6.45. The molecule has 1 fully saturated rings. The molecule has 1 saturated carbocycles. The van der Waals surface area contributed by atoms with Gasteiger partial charge in [-0.2, -0.15) is 0 Å². The second kappa shape index (κ2) is 7.27. The zero-order chi connectivity index (χ0) is 18.0. The third kappa shape index (κ3) is 3.56. The summed E-state index contributed by atoms with van der Waals surface area (Å²) in [5, 5.41) is 8.15. The van der Waals surface area contributed by atoms with Gasteiger partial charge in [-0.05, 0) is 38.7 Å². The van der Waals surface area contributed by atoms with E-state index in [2.05, 4.69) is 44.9 Å². The van der Waals surface area contributed by atoms with Crippen molar-refractivity contribution < 1.29 is 4.74 Å². The molecule has 0 radical (unpaired) electrons. The number of nitrogens with zero attached hydrogens (tertiary/aromatic N) is 2. The highest BCUT2D eigenvalue weighted by molar-refractivity contribution is 7.11. The van der Waals surface area contributed by atoms with Gasteiger partial charge in [-0.15, -0.1) is 11.3 Å². The predicted molar refractivity (Wildman–Crippen MR) is 106 cm³/mol. The molecule has 4 rings (SSSR count). The number of fused-ring (bicyclic) bond motifs is 1. The number of benzene rings is 1. The highest BCUT2D eigenvalue weighted by atomic mass is 32.1. The van der Waals surface area contributed by atoms with Gasteiger partial charge in [-0.1, -0.05) is 18.2 Å².